The fourth-order valence-corrected chi connectivity index (χ4v) is 0. The molecule has 0 aliphatic rings. The fourth-order valence-electron chi connectivity index (χ4n) is 0. The van der Waals surface area contributed by atoms with Crippen LogP contribution in [0.3, 0.4) is 0 Å². The molecule has 0 rings (SSSR count). The molecule has 0 aromatic heterocycles. The van der Waals surface area contributed by atoms with Crippen LogP contribution >= 0.6 is 0 Å². The zero-order valence-electron chi connectivity index (χ0n) is 1.80. The first-order valence-electron chi connectivity index (χ1n) is 0. The summed E-state index contributed by atoms with van der Waals surface area (Å²) in [5.41, 5.74) is 0. The molecule has 0 saturated heterocycles. The molecule has 0 atom stereocenters. The molecule has 25 valence electrons. The maximum absolute atomic E-state index is 0. The van der Waals surface area contributed by atoms with Crippen LogP contribution in [0, 0.1) is 45.0 Å². The van der Waals surface area contributed by atoms with Crippen LogP contribution in [-0.4, -0.2) is 0 Å². The van der Waals surface area contributed by atoms with E-state index in [0.29, 0.717) is 0 Å². The Balaban J connectivity index is 0. The zero-order valence-corrected chi connectivity index (χ0v) is 10.8. The molecule has 0 nitrogen and oxygen atoms in total. The smallest absolute Gasteiger partial charge is 1.00 e. The van der Waals surface area contributed by atoms with Crippen LogP contribution in [0.1, 0.15) is 0 Å². The van der Waals surface area contributed by atoms with Crippen molar-refractivity contribution >= 4 is 0 Å². The van der Waals surface area contributed by atoms with Crippen LogP contribution in [0.15, 0.2) is 0 Å². The Hall–Kier alpha value is 2.67. The third-order valence-electron chi connectivity index (χ3n) is 0. The molecule has 0 fully saturated rings. The van der Waals surface area contributed by atoms with E-state index in [-0.39, 0.29) is 89.3 Å². The average Bonchev–Trinajstić information content (AvgIpc) is 0. The molecule has 4 heavy (non-hydrogen) atoms. The second-order valence-electron chi connectivity index (χ2n) is 0. The molecular weight excluding hydrogens is 400 g/mol. The van der Waals surface area contributed by atoms with Crippen molar-refractivity contribution in [1.82, 2.24) is 0 Å². The van der Waals surface area contributed by atoms with Crippen molar-refractivity contribution in [3.8, 4) is 0 Å². The van der Waals surface area contributed by atoms with E-state index in [4.69, 9.17) is 0 Å². The van der Waals surface area contributed by atoms with E-state index in [1.54, 1.807) is 0 Å². The van der Waals surface area contributed by atoms with Crippen molar-refractivity contribution in [2.45, 2.75) is 0 Å². The van der Waals surface area contributed by atoms with Crippen LogP contribution in [-0.2, 0) is 19.5 Å². The van der Waals surface area contributed by atoms with Gasteiger partial charge in [-0.25, -0.2) is 0 Å². The summed E-state index contributed by atoms with van der Waals surface area (Å²) in [6, 6.07) is 0. The van der Waals surface area contributed by atoms with Crippen LogP contribution < -0.4 is 24.8 Å². The van der Waals surface area contributed by atoms with E-state index in [1.807, 2.05) is 0 Å². The molecule has 1 radical (unpaired) electrons. The predicted molar refractivity (Wildman–Crippen MR) is 0 cm³/mol. The Labute approximate surface area is 87.5 Å². The van der Waals surface area contributed by atoms with Gasteiger partial charge in [-0.2, -0.15) is 0 Å². The SMILES string of the molecule is [Cl-].[Cl-].[Ra+2].[Rh]. The summed E-state index contributed by atoms with van der Waals surface area (Å²) < 4.78 is 0. The molecule has 0 aliphatic carbocycles. The van der Waals surface area contributed by atoms with Crippen LogP contribution in [0.4, 0.5) is 0 Å². The monoisotopic (exact) mass is 399 g/mol. The molecule has 0 amide bonds. The van der Waals surface area contributed by atoms with Crippen molar-refractivity contribution in [2.75, 3.05) is 0 Å². The molecule has 0 heterocycles. The largest absolute Gasteiger partial charge is 2.00 e. The van der Waals surface area contributed by atoms with Crippen molar-refractivity contribution in [1.29, 1.82) is 0 Å². The Bertz CT molecular complexity index is 6.00. The molecule has 0 saturated carbocycles. The third-order valence-corrected chi connectivity index (χ3v) is 0. The van der Waals surface area contributed by atoms with Crippen LogP contribution in [0.2, 0.25) is 0 Å². The third kappa shape index (κ3) is 8.82. The number of hydrogen-bond acceptors (Lipinski definition) is 0. The van der Waals surface area contributed by atoms with Gasteiger partial charge in [0.05, 0.1) is 0 Å². The maximum Gasteiger partial charge on any atom is 2.00 e. The van der Waals surface area contributed by atoms with Gasteiger partial charge in [0, 0.05) is 19.5 Å². The first kappa shape index (κ1) is 30.1. The summed E-state index contributed by atoms with van der Waals surface area (Å²) in [6.45, 7) is 0. The zero-order chi connectivity index (χ0) is 0. The van der Waals surface area contributed by atoms with Gasteiger partial charge < -0.3 is 24.8 Å². The van der Waals surface area contributed by atoms with Gasteiger partial charge in [0.15, 0.2) is 0 Å². The summed E-state index contributed by atoms with van der Waals surface area (Å²) in [5.74, 6) is 0. The molecule has 4 heteroatoms. The summed E-state index contributed by atoms with van der Waals surface area (Å²) >= 11 is 0. The van der Waals surface area contributed by atoms with Gasteiger partial charge in [0.1, 0.15) is 0 Å². The van der Waals surface area contributed by atoms with E-state index >= 15 is 0 Å². The minimum absolute atomic E-state index is 0. The van der Waals surface area contributed by atoms with Crippen LogP contribution in [0.5, 0.6) is 0 Å². The molecule has 0 aromatic carbocycles. The first-order valence-corrected chi connectivity index (χ1v) is 0. The van der Waals surface area contributed by atoms with Gasteiger partial charge in [0.2, 0.25) is 0 Å². The van der Waals surface area contributed by atoms with Gasteiger partial charge in [-0.3, -0.25) is 0 Å². The molecule has 0 bridgehead atoms. The fraction of sp³-hybridized carbons (Fsp3) is 0. The molecule has 0 unspecified atom stereocenters. The Morgan fingerprint density at radius 2 is 0.750 bits per heavy atom. The Morgan fingerprint density at radius 1 is 0.750 bits per heavy atom. The van der Waals surface area contributed by atoms with E-state index in [2.05, 4.69) is 0 Å². The van der Waals surface area contributed by atoms with Crippen molar-refractivity contribution in [2.24, 2.45) is 0 Å². The topological polar surface area (TPSA) is 0 Å². The summed E-state index contributed by atoms with van der Waals surface area (Å²) in [4.78, 5) is 0. The molecular formula is Cl2RaRh. The van der Waals surface area contributed by atoms with Crippen LogP contribution in [0.25, 0.3) is 0 Å². The van der Waals surface area contributed by atoms with Crippen molar-refractivity contribution < 1.29 is 89.3 Å². The van der Waals surface area contributed by atoms with Gasteiger partial charge in [-0.1, -0.05) is 0 Å². The number of hydrogen-bond donors (Lipinski definition) is 0. The van der Waals surface area contributed by atoms with Gasteiger partial charge >= 0.3 is 45.0 Å². The van der Waals surface area contributed by atoms with Gasteiger partial charge in [0.25, 0.3) is 0 Å². The molecule has 0 N–H and O–H groups in total. The Morgan fingerprint density at radius 3 is 0.750 bits per heavy atom. The molecule has 0 aromatic rings. The summed E-state index contributed by atoms with van der Waals surface area (Å²) in [5, 5.41) is 0. The van der Waals surface area contributed by atoms with Gasteiger partial charge in [-0.05, 0) is 0 Å². The second kappa shape index (κ2) is 17.3. The minimum Gasteiger partial charge on any atom is -1.00 e. The van der Waals surface area contributed by atoms with Gasteiger partial charge in [-0.15, -0.1) is 0 Å². The average molecular weight is 400 g/mol. The predicted octanol–water partition coefficient (Wildman–Crippen LogP) is -5.99. The standard InChI is InChI=1S/2ClH.Ra.Rh/h2*1H;;/q;;+2;/p-2. The van der Waals surface area contributed by atoms with E-state index in [1.165, 1.54) is 0 Å². The number of halogens is 2. The summed E-state index contributed by atoms with van der Waals surface area (Å²) in [6.07, 6.45) is 0. The quantitative estimate of drug-likeness (QED) is 0.356. The van der Waals surface area contributed by atoms with E-state index in [9.17, 15) is 0 Å². The van der Waals surface area contributed by atoms with Crippen molar-refractivity contribution in [3.05, 3.63) is 0 Å². The van der Waals surface area contributed by atoms with E-state index < -0.39 is 0 Å². The molecule has 0 aliphatic heterocycles. The number of rotatable bonds is 0. The first-order chi connectivity index (χ1) is 0. The second-order valence-corrected chi connectivity index (χ2v) is 0. The summed E-state index contributed by atoms with van der Waals surface area (Å²) in [7, 11) is 0. The van der Waals surface area contributed by atoms with Crippen molar-refractivity contribution in [3.63, 3.8) is 0 Å². The Kier molecular flexibility index (Phi) is 130. The molecule has 0 spiro atoms. The van der Waals surface area contributed by atoms with E-state index in [0.717, 1.165) is 0 Å². The maximum atomic E-state index is 0. The normalized spacial score (nSPS) is 0. The minimum atomic E-state index is 0.